The van der Waals surface area contributed by atoms with Crippen LogP contribution in [0.15, 0.2) is 6.20 Å². The van der Waals surface area contributed by atoms with E-state index >= 15 is 0 Å². The van der Waals surface area contributed by atoms with Gasteiger partial charge in [0.25, 0.3) is 0 Å². The largest absolute Gasteiger partial charge is 0.366 e. The van der Waals surface area contributed by atoms with E-state index in [9.17, 15) is 0 Å². The first-order chi connectivity index (χ1) is 8.88. The van der Waals surface area contributed by atoms with Crippen molar-refractivity contribution < 1.29 is 0 Å². The van der Waals surface area contributed by atoms with Gasteiger partial charge in [0.15, 0.2) is 0 Å². The lowest BCUT2D eigenvalue weighted by molar-refractivity contribution is 0.408. The topological polar surface area (TPSA) is 41.1 Å². The molecule has 3 rings (SSSR count). The predicted molar refractivity (Wildman–Crippen MR) is 73.1 cm³/mol. The van der Waals surface area contributed by atoms with Crippen LogP contribution in [-0.4, -0.2) is 36.1 Å². The van der Waals surface area contributed by atoms with Crippen LogP contribution < -0.4 is 10.2 Å². The Labute approximate surface area is 109 Å². The van der Waals surface area contributed by atoms with Crippen molar-refractivity contribution in [1.29, 1.82) is 0 Å². The summed E-state index contributed by atoms with van der Waals surface area (Å²) in [6, 6.07) is 0. The molecule has 0 unspecified atom stereocenters. The Morgan fingerprint density at radius 3 is 2.72 bits per heavy atom. The average molecular weight is 246 g/mol. The monoisotopic (exact) mass is 246 g/mol. The molecule has 0 radical (unpaired) electrons. The summed E-state index contributed by atoms with van der Waals surface area (Å²) in [5.74, 6) is 1.68. The van der Waals surface area contributed by atoms with Gasteiger partial charge in [0.05, 0.1) is 17.6 Å². The summed E-state index contributed by atoms with van der Waals surface area (Å²) in [5.41, 5.74) is 2.61. The molecule has 0 amide bonds. The van der Waals surface area contributed by atoms with Gasteiger partial charge >= 0.3 is 0 Å². The molecule has 1 aliphatic carbocycles. The maximum atomic E-state index is 4.82. The van der Waals surface area contributed by atoms with Crippen LogP contribution in [0.2, 0.25) is 0 Å². The molecule has 4 nitrogen and oxygen atoms in total. The quantitative estimate of drug-likeness (QED) is 0.881. The molecular formula is C14H22N4. The minimum absolute atomic E-state index is 0.684. The summed E-state index contributed by atoms with van der Waals surface area (Å²) < 4.78 is 0. The summed E-state index contributed by atoms with van der Waals surface area (Å²) in [6.07, 6.45) is 6.96. The second kappa shape index (κ2) is 5.22. The molecular weight excluding hydrogens is 224 g/mol. The Bertz CT molecular complexity index is 408. The Balaban J connectivity index is 1.90. The third kappa shape index (κ3) is 2.21. The van der Waals surface area contributed by atoms with E-state index in [-0.39, 0.29) is 0 Å². The Morgan fingerprint density at radius 1 is 1.33 bits per heavy atom. The van der Waals surface area contributed by atoms with Crippen LogP contribution in [-0.2, 0) is 6.42 Å². The van der Waals surface area contributed by atoms with Crippen LogP contribution in [0.4, 0.5) is 5.69 Å². The maximum Gasteiger partial charge on any atom is 0.128 e. The number of hydrogen-bond acceptors (Lipinski definition) is 4. The molecule has 1 saturated heterocycles. The van der Waals surface area contributed by atoms with Crippen LogP contribution in [0.3, 0.4) is 0 Å². The minimum atomic E-state index is 0.684. The maximum absolute atomic E-state index is 4.82. The zero-order valence-corrected chi connectivity index (χ0v) is 11.2. The summed E-state index contributed by atoms with van der Waals surface area (Å²) in [4.78, 5) is 11.8. The van der Waals surface area contributed by atoms with E-state index in [0.717, 1.165) is 38.4 Å². The van der Waals surface area contributed by atoms with Crippen molar-refractivity contribution in [3.63, 3.8) is 0 Å². The van der Waals surface area contributed by atoms with E-state index in [1.165, 1.54) is 30.6 Å². The second-order valence-corrected chi connectivity index (χ2v) is 5.28. The summed E-state index contributed by atoms with van der Waals surface area (Å²) in [6.45, 7) is 6.42. The highest BCUT2D eigenvalue weighted by Crippen LogP contribution is 2.39. The van der Waals surface area contributed by atoms with Crippen molar-refractivity contribution in [2.24, 2.45) is 0 Å². The lowest BCUT2D eigenvalue weighted by atomic mass is 9.82. The normalized spacial score (nSPS) is 20.8. The van der Waals surface area contributed by atoms with Gasteiger partial charge in [-0.3, -0.25) is 0 Å². The first kappa shape index (κ1) is 11.9. The first-order valence-corrected chi connectivity index (χ1v) is 7.20. The van der Waals surface area contributed by atoms with E-state index in [0.29, 0.717) is 5.92 Å². The number of nitrogens with one attached hydrogen (secondary N) is 1. The lowest BCUT2D eigenvalue weighted by Gasteiger charge is -2.34. The number of anilines is 1. The van der Waals surface area contributed by atoms with Crippen molar-refractivity contribution in [1.82, 2.24) is 15.3 Å². The SMILES string of the molecule is CCc1ncc(N2CCNCC2)c(C2CCC2)n1. The van der Waals surface area contributed by atoms with Gasteiger partial charge in [-0.2, -0.15) is 0 Å². The van der Waals surface area contributed by atoms with Gasteiger partial charge in [0.1, 0.15) is 5.82 Å². The van der Waals surface area contributed by atoms with Crippen LogP contribution >= 0.6 is 0 Å². The van der Waals surface area contributed by atoms with Gasteiger partial charge < -0.3 is 10.2 Å². The Kier molecular flexibility index (Phi) is 3.46. The van der Waals surface area contributed by atoms with Gasteiger partial charge in [-0.15, -0.1) is 0 Å². The third-order valence-corrected chi connectivity index (χ3v) is 4.11. The first-order valence-electron chi connectivity index (χ1n) is 7.20. The van der Waals surface area contributed by atoms with Gasteiger partial charge in [-0.25, -0.2) is 9.97 Å². The van der Waals surface area contributed by atoms with Crippen LogP contribution in [0, 0.1) is 0 Å². The van der Waals surface area contributed by atoms with Crippen LogP contribution in [0.5, 0.6) is 0 Å². The van der Waals surface area contributed by atoms with Crippen LogP contribution in [0.25, 0.3) is 0 Å². The van der Waals surface area contributed by atoms with Gasteiger partial charge in [-0.05, 0) is 12.8 Å². The van der Waals surface area contributed by atoms with E-state index in [1.807, 2.05) is 0 Å². The Hall–Kier alpha value is -1.16. The minimum Gasteiger partial charge on any atom is -0.366 e. The van der Waals surface area contributed by atoms with Crippen molar-refractivity contribution in [3.05, 3.63) is 17.7 Å². The lowest BCUT2D eigenvalue weighted by Crippen LogP contribution is -2.44. The number of piperazine rings is 1. The molecule has 1 aliphatic heterocycles. The zero-order chi connectivity index (χ0) is 12.4. The fraction of sp³-hybridized carbons (Fsp3) is 0.714. The molecule has 98 valence electrons. The van der Waals surface area contributed by atoms with E-state index < -0.39 is 0 Å². The number of nitrogens with zero attached hydrogens (tertiary/aromatic N) is 3. The highest BCUT2D eigenvalue weighted by atomic mass is 15.2. The number of aromatic nitrogens is 2. The highest BCUT2D eigenvalue weighted by Gasteiger charge is 2.26. The summed E-state index contributed by atoms with van der Waals surface area (Å²) in [5, 5.41) is 3.40. The zero-order valence-electron chi connectivity index (χ0n) is 11.2. The summed E-state index contributed by atoms with van der Waals surface area (Å²) in [7, 11) is 0. The number of aryl methyl sites for hydroxylation is 1. The van der Waals surface area contributed by atoms with Gasteiger partial charge in [-0.1, -0.05) is 13.3 Å². The van der Waals surface area contributed by atoms with Crippen molar-refractivity contribution in [3.8, 4) is 0 Å². The standard InChI is InChI=1S/C14H22N4/c1-2-13-16-10-12(18-8-6-15-7-9-18)14(17-13)11-4-3-5-11/h10-11,15H,2-9H2,1H3. The molecule has 0 aromatic carbocycles. The average Bonchev–Trinajstić information content (AvgIpc) is 2.38. The summed E-state index contributed by atoms with van der Waals surface area (Å²) >= 11 is 0. The second-order valence-electron chi connectivity index (χ2n) is 5.28. The van der Waals surface area contributed by atoms with Crippen molar-refractivity contribution in [2.75, 3.05) is 31.1 Å². The molecule has 18 heavy (non-hydrogen) atoms. The molecule has 4 heteroatoms. The van der Waals surface area contributed by atoms with E-state index in [4.69, 9.17) is 4.98 Å². The van der Waals surface area contributed by atoms with Gasteiger partial charge in [0.2, 0.25) is 0 Å². The third-order valence-electron chi connectivity index (χ3n) is 4.11. The molecule has 1 aromatic rings. The highest BCUT2D eigenvalue weighted by molar-refractivity contribution is 5.51. The molecule has 2 heterocycles. The number of hydrogen-bond donors (Lipinski definition) is 1. The van der Waals surface area contributed by atoms with Gasteiger partial charge in [0, 0.05) is 38.5 Å². The number of rotatable bonds is 3. The smallest absolute Gasteiger partial charge is 0.128 e. The molecule has 0 atom stereocenters. The molecule has 0 bridgehead atoms. The van der Waals surface area contributed by atoms with Crippen molar-refractivity contribution in [2.45, 2.75) is 38.5 Å². The fourth-order valence-corrected chi connectivity index (χ4v) is 2.73. The fourth-order valence-electron chi connectivity index (χ4n) is 2.73. The molecule has 2 aliphatic rings. The molecule has 1 N–H and O–H groups in total. The van der Waals surface area contributed by atoms with E-state index in [1.54, 1.807) is 0 Å². The van der Waals surface area contributed by atoms with Crippen LogP contribution in [0.1, 0.15) is 43.6 Å². The Morgan fingerprint density at radius 2 is 2.11 bits per heavy atom. The predicted octanol–water partition coefficient (Wildman–Crippen LogP) is 1.72. The molecule has 1 saturated carbocycles. The van der Waals surface area contributed by atoms with Crippen molar-refractivity contribution >= 4 is 5.69 Å². The molecule has 1 aromatic heterocycles. The van der Waals surface area contributed by atoms with E-state index in [2.05, 4.69) is 28.3 Å². The molecule has 0 spiro atoms. The molecule has 2 fully saturated rings.